The molecule has 0 aromatic carbocycles. The van der Waals surface area contributed by atoms with Gasteiger partial charge in [0.05, 0.1) is 12.8 Å². The van der Waals surface area contributed by atoms with Crippen molar-refractivity contribution in [2.24, 2.45) is 5.92 Å². The molecular formula is C15H22N4O2. The molecule has 0 saturated carbocycles. The topological polar surface area (TPSA) is 67.3 Å². The van der Waals surface area contributed by atoms with Crippen LogP contribution in [-0.2, 0) is 6.54 Å². The number of furan rings is 1. The smallest absolute Gasteiger partial charge is 0.283 e. The summed E-state index contributed by atoms with van der Waals surface area (Å²) in [5.74, 6) is 2.53. The molecule has 21 heavy (non-hydrogen) atoms. The molecule has 0 radical (unpaired) electrons. The second-order valence-electron chi connectivity index (χ2n) is 5.51. The Labute approximate surface area is 124 Å². The Hall–Kier alpha value is -1.66. The zero-order chi connectivity index (χ0) is 14.5. The Morgan fingerprint density at radius 2 is 2.19 bits per heavy atom. The third kappa shape index (κ3) is 3.71. The van der Waals surface area contributed by atoms with E-state index in [1.807, 2.05) is 12.1 Å². The van der Waals surface area contributed by atoms with Crippen LogP contribution in [0.15, 0.2) is 27.2 Å². The predicted octanol–water partition coefficient (Wildman–Crippen LogP) is 2.15. The first kappa shape index (κ1) is 14.3. The molecule has 114 valence electrons. The maximum absolute atomic E-state index is 5.65. The Kier molecular flexibility index (Phi) is 4.67. The lowest BCUT2D eigenvalue weighted by molar-refractivity contribution is 0.163. The van der Waals surface area contributed by atoms with Crippen LogP contribution in [0.1, 0.15) is 25.7 Å². The minimum Gasteiger partial charge on any atom is -0.459 e. The molecule has 0 unspecified atom stereocenters. The minimum atomic E-state index is 0.456. The fraction of sp³-hybridized carbons (Fsp3) is 0.600. The van der Waals surface area contributed by atoms with Crippen LogP contribution in [0.25, 0.3) is 11.7 Å². The third-order valence-electron chi connectivity index (χ3n) is 3.95. The Morgan fingerprint density at radius 3 is 2.90 bits per heavy atom. The minimum absolute atomic E-state index is 0.456. The summed E-state index contributed by atoms with van der Waals surface area (Å²) in [4.78, 5) is 2.38. The highest BCUT2D eigenvalue weighted by Crippen LogP contribution is 2.21. The van der Waals surface area contributed by atoms with Crippen LogP contribution < -0.4 is 5.32 Å². The van der Waals surface area contributed by atoms with Gasteiger partial charge in [0.2, 0.25) is 5.89 Å². The summed E-state index contributed by atoms with van der Waals surface area (Å²) >= 11 is 0. The SMILES string of the molecule is CCNCC1CCN(Cc2nnc(-c3ccco3)o2)CC1. The van der Waals surface area contributed by atoms with Crippen molar-refractivity contribution in [3.63, 3.8) is 0 Å². The highest BCUT2D eigenvalue weighted by molar-refractivity contribution is 5.42. The molecule has 1 N–H and O–H groups in total. The standard InChI is InChI=1S/C15H22N4O2/c1-2-16-10-12-5-7-19(8-6-12)11-14-17-18-15(21-14)13-4-3-9-20-13/h3-4,9,12,16H,2,5-8,10-11H2,1H3. The number of nitrogens with one attached hydrogen (secondary N) is 1. The largest absolute Gasteiger partial charge is 0.459 e. The maximum atomic E-state index is 5.65. The van der Waals surface area contributed by atoms with E-state index in [2.05, 4.69) is 27.3 Å². The number of hydrogen-bond acceptors (Lipinski definition) is 6. The van der Waals surface area contributed by atoms with Crippen LogP contribution in [0, 0.1) is 5.92 Å². The Balaban J connectivity index is 1.49. The van der Waals surface area contributed by atoms with E-state index in [1.165, 1.54) is 12.8 Å². The Bertz CT molecular complexity index is 530. The number of hydrogen-bond donors (Lipinski definition) is 1. The summed E-state index contributed by atoms with van der Waals surface area (Å²) in [7, 11) is 0. The molecule has 3 heterocycles. The third-order valence-corrected chi connectivity index (χ3v) is 3.95. The van der Waals surface area contributed by atoms with E-state index < -0.39 is 0 Å². The summed E-state index contributed by atoms with van der Waals surface area (Å²) in [6.07, 6.45) is 4.06. The van der Waals surface area contributed by atoms with Crippen molar-refractivity contribution in [2.45, 2.75) is 26.3 Å². The first-order valence-corrected chi connectivity index (χ1v) is 7.64. The molecule has 3 rings (SSSR count). The molecule has 0 spiro atoms. The van der Waals surface area contributed by atoms with Crippen LogP contribution in [0.4, 0.5) is 0 Å². The molecule has 0 aliphatic carbocycles. The summed E-state index contributed by atoms with van der Waals surface area (Å²) < 4.78 is 10.9. The summed E-state index contributed by atoms with van der Waals surface area (Å²) in [5, 5.41) is 11.6. The van der Waals surface area contributed by atoms with Gasteiger partial charge in [0.15, 0.2) is 5.76 Å². The molecule has 6 nitrogen and oxygen atoms in total. The molecule has 0 atom stereocenters. The van der Waals surface area contributed by atoms with Crippen molar-refractivity contribution in [1.29, 1.82) is 0 Å². The molecule has 0 bridgehead atoms. The lowest BCUT2D eigenvalue weighted by Gasteiger charge is -2.30. The molecule has 6 heteroatoms. The fourth-order valence-corrected chi connectivity index (χ4v) is 2.71. The molecule has 1 fully saturated rings. The quantitative estimate of drug-likeness (QED) is 0.879. The van der Waals surface area contributed by atoms with Gasteiger partial charge in [-0.2, -0.15) is 0 Å². The van der Waals surface area contributed by atoms with Gasteiger partial charge in [0, 0.05) is 0 Å². The highest BCUT2D eigenvalue weighted by atomic mass is 16.4. The summed E-state index contributed by atoms with van der Waals surface area (Å²) in [6, 6.07) is 3.64. The van der Waals surface area contributed by atoms with Crippen molar-refractivity contribution >= 4 is 0 Å². The van der Waals surface area contributed by atoms with Crippen LogP contribution in [-0.4, -0.2) is 41.3 Å². The molecule has 1 aliphatic heterocycles. The van der Waals surface area contributed by atoms with Gasteiger partial charge in [-0.3, -0.25) is 4.90 Å². The van der Waals surface area contributed by atoms with Crippen LogP contribution >= 0.6 is 0 Å². The zero-order valence-electron chi connectivity index (χ0n) is 12.4. The average Bonchev–Trinajstić information content (AvgIpc) is 3.17. The normalized spacial score (nSPS) is 17.4. The van der Waals surface area contributed by atoms with Gasteiger partial charge in [-0.15, -0.1) is 10.2 Å². The highest BCUT2D eigenvalue weighted by Gasteiger charge is 2.21. The molecular weight excluding hydrogens is 268 g/mol. The fourth-order valence-electron chi connectivity index (χ4n) is 2.71. The van der Waals surface area contributed by atoms with Crippen LogP contribution in [0.5, 0.6) is 0 Å². The van der Waals surface area contributed by atoms with Gasteiger partial charge in [-0.05, 0) is 57.1 Å². The number of nitrogens with zero attached hydrogens (tertiary/aromatic N) is 3. The zero-order valence-corrected chi connectivity index (χ0v) is 12.4. The van der Waals surface area contributed by atoms with Crippen molar-refractivity contribution in [2.75, 3.05) is 26.2 Å². The van der Waals surface area contributed by atoms with Gasteiger partial charge >= 0.3 is 0 Å². The number of rotatable bonds is 6. The Morgan fingerprint density at radius 1 is 1.33 bits per heavy atom. The van der Waals surface area contributed by atoms with Crippen molar-refractivity contribution in [3.05, 3.63) is 24.3 Å². The number of likely N-dealkylation sites (tertiary alicyclic amines) is 1. The maximum Gasteiger partial charge on any atom is 0.283 e. The van der Waals surface area contributed by atoms with Gasteiger partial charge in [0.1, 0.15) is 0 Å². The molecule has 1 saturated heterocycles. The second-order valence-corrected chi connectivity index (χ2v) is 5.51. The van der Waals surface area contributed by atoms with E-state index in [0.29, 0.717) is 17.5 Å². The van der Waals surface area contributed by atoms with E-state index in [-0.39, 0.29) is 0 Å². The molecule has 1 aliphatic rings. The number of piperidine rings is 1. The van der Waals surface area contributed by atoms with E-state index in [0.717, 1.165) is 38.6 Å². The monoisotopic (exact) mass is 290 g/mol. The summed E-state index contributed by atoms with van der Waals surface area (Å²) in [6.45, 7) is 7.25. The first-order chi connectivity index (χ1) is 10.3. The van der Waals surface area contributed by atoms with Crippen LogP contribution in [0.2, 0.25) is 0 Å². The molecule has 2 aromatic heterocycles. The van der Waals surface area contributed by atoms with Gasteiger partial charge in [0.25, 0.3) is 5.89 Å². The second kappa shape index (κ2) is 6.87. The summed E-state index contributed by atoms with van der Waals surface area (Å²) in [5.41, 5.74) is 0. The van der Waals surface area contributed by atoms with E-state index in [1.54, 1.807) is 6.26 Å². The van der Waals surface area contributed by atoms with E-state index >= 15 is 0 Å². The van der Waals surface area contributed by atoms with Gasteiger partial charge in [-0.1, -0.05) is 6.92 Å². The van der Waals surface area contributed by atoms with E-state index in [4.69, 9.17) is 8.83 Å². The first-order valence-electron chi connectivity index (χ1n) is 7.64. The lowest BCUT2D eigenvalue weighted by atomic mass is 9.97. The van der Waals surface area contributed by atoms with Gasteiger partial charge in [-0.25, -0.2) is 0 Å². The average molecular weight is 290 g/mol. The van der Waals surface area contributed by atoms with Gasteiger partial charge < -0.3 is 14.2 Å². The number of aromatic nitrogens is 2. The van der Waals surface area contributed by atoms with E-state index in [9.17, 15) is 0 Å². The lowest BCUT2D eigenvalue weighted by Crippen LogP contribution is -2.36. The molecule has 2 aromatic rings. The van der Waals surface area contributed by atoms with Crippen molar-refractivity contribution < 1.29 is 8.83 Å². The molecule has 0 amide bonds. The predicted molar refractivity (Wildman–Crippen MR) is 78.5 cm³/mol. The van der Waals surface area contributed by atoms with Crippen LogP contribution in [0.3, 0.4) is 0 Å². The van der Waals surface area contributed by atoms with Crippen molar-refractivity contribution in [1.82, 2.24) is 20.4 Å². The van der Waals surface area contributed by atoms with Crippen molar-refractivity contribution in [3.8, 4) is 11.7 Å².